The molecule has 4 nitrogen and oxygen atoms in total. The molecular formula is C12H17BrN4. The Morgan fingerprint density at radius 3 is 3.00 bits per heavy atom. The van der Waals surface area contributed by atoms with Gasteiger partial charge in [0.2, 0.25) is 0 Å². The molecule has 0 spiro atoms. The van der Waals surface area contributed by atoms with Crippen LogP contribution in [0.1, 0.15) is 30.5 Å². The zero-order valence-corrected chi connectivity index (χ0v) is 11.4. The predicted octanol–water partition coefficient (Wildman–Crippen LogP) is 2.10. The molecule has 1 aromatic rings. The largest absolute Gasteiger partial charge is 0.369 e. The van der Waals surface area contributed by atoms with Gasteiger partial charge in [-0.3, -0.25) is 0 Å². The maximum atomic E-state index is 4.47. The summed E-state index contributed by atoms with van der Waals surface area (Å²) in [5.41, 5.74) is 2.43. The van der Waals surface area contributed by atoms with E-state index in [1.807, 2.05) is 0 Å². The number of rotatable bonds is 3. The molecule has 1 fully saturated rings. The fraction of sp³-hybridized carbons (Fsp3) is 0.667. The van der Waals surface area contributed by atoms with Crippen LogP contribution in [-0.4, -0.2) is 23.1 Å². The van der Waals surface area contributed by atoms with Crippen molar-refractivity contribution in [2.24, 2.45) is 5.92 Å². The number of anilines is 1. The molecule has 2 aliphatic rings. The molecule has 17 heavy (non-hydrogen) atoms. The van der Waals surface area contributed by atoms with Crippen LogP contribution < -0.4 is 10.6 Å². The molecule has 0 radical (unpaired) electrons. The molecule has 2 N–H and O–H groups in total. The van der Waals surface area contributed by atoms with Crippen LogP contribution in [0.3, 0.4) is 0 Å². The molecule has 0 amide bonds. The number of nitrogens with one attached hydrogen (secondary N) is 2. The van der Waals surface area contributed by atoms with E-state index < -0.39 is 0 Å². The molecule has 0 aromatic carbocycles. The van der Waals surface area contributed by atoms with Crippen molar-refractivity contribution in [3.05, 3.63) is 16.0 Å². The Hall–Kier alpha value is -0.680. The predicted molar refractivity (Wildman–Crippen MR) is 71.0 cm³/mol. The Morgan fingerprint density at radius 1 is 1.35 bits per heavy atom. The van der Waals surface area contributed by atoms with E-state index in [2.05, 4.69) is 36.5 Å². The molecule has 0 saturated heterocycles. The Bertz CT molecular complexity index is 417. The summed E-state index contributed by atoms with van der Waals surface area (Å²) in [5, 5.41) is 6.88. The highest BCUT2D eigenvalue weighted by molar-refractivity contribution is 9.10. The third-order valence-corrected chi connectivity index (χ3v) is 4.04. The standard InChI is InChI=1S/C12H17BrN4/c13-12-16-10-4-5-14-7-9(10)11(17-12)15-6-8-2-1-3-8/h8,14H,1-7H2,(H,15,16,17). The van der Waals surface area contributed by atoms with E-state index in [4.69, 9.17) is 0 Å². The lowest BCUT2D eigenvalue weighted by atomic mass is 9.85. The van der Waals surface area contributed by atoms with Crippen LogP contribution in [0.25, 0.3) is 0 Å². The lowest BCUT2D eigenvalue weighted by Gasteiger charge is -2.27. The van der Waals surface area contributed by atoms with Crippen molar-refractivity contribution < 1.29 is 0 Å². The molecule has 0 bridgehead atoms. The number of hydrogen-bond donors (Lipinski definition) is 2. The molecule has 0 unspecified atom stereocenters. The second kappa shape index (κ2) is 4.90. The fourth-order valence-corrected chi connectivity index (χ4v) is 2.79. The molecular weight excluding hydrogens is 280 g/mol. The highest BCUT2D eigenvalue weighted by Gasteiger charge is 2.20. The first kappa shape index (κ1) is 11.4. The van der Waals surface area contributed by atoms with Gasteiger partial charge in [0.05, 0.1) is 5.69 Å². The van der Waals surface area contributed by atoms with E-state index in [9.17, 15) is 0 Å². The van der Waals surface area contributed by atoms with E-state index in [-0.39, 0.29) is 0 Å². The monoisotopic (exact) mass is 296 g/mol. The Morgan fingerprint density at radius 2 is 2.24 bits per heavy atom. The summed E-state index contributed by atoms with van der Waals surface area (Å²) >= 11 is 3.40. The number of nitrogens with zero attached hydrogens (tertiary/aromatic N) is 2. The summed E-state index contributed by atoms with van der Waals surface area (Å²) in [6.07, 6.45) is 5.10. The molecule has 1 aliphatic heterocycles. The molecule has 1 aromatic heterocycles. The van der Waals surface area contributed by atoms with Gasteiger partial charge >= 0.3 is 0 Å². The van der Waals surface area contributed by atoms with Crippen LogP contribution in [0.2, 0.25) is 0 Å². The molecule has 1 saturated carbocycles. The summed E-state index contributed by atoms with van der Waals surface area (Å²) < 4.78 is 0.703. The summed E-state index contributed by atoms with van der Waals surface area (Å²) in [6, 6.07) is 0. The normalized spacial score (nSPS) is 19.6. The van der Waals surface area contributed by atoms with Gasteiger partial charge in [-0.05, 0) is 34.7 Å². The van der Waals surface area contributed by atoms with Gasteiger partial charge in [-0.1, -0.05) is 6.42 Å². The van der Waals surface area contributed by atoms with Crippen LogP contribution >= 0.6 is 15.9 Å². The van der Waals surface area contributed by atoms with Gasteiger partial charge in [-0.25, -0.2) is 9.97 Å². The second-order valence-corrected chi connectivity index (χ2v) is 5.58. The van der Waals surface area contributed by atoms with E-state index in [0.29, 0.717) is 4.73 Å². The summed E-state index contributed by atoms with van der Waals surface area (Å²) in [4.78, 5) is 8.93. The van der Waals surface area contributed by atoms with Crippen molar-refractivity contribution in [2.45, 2.75) is 32.2 Å². The third-order valence-electron chi connectivity index (χ3n) is 3.69. The summed E-state index contributed by atoms with van der Waals surface area (Å²) in [6.45, 7) is 2.95. The average molecular weight is 297 g/mol. The van der Waals surface area contributed by atoms with Gasteiger partial charge < -0.3 is 10.6 Å². The third kappa shape index (κ3) is 2.45. The number of halogens is 1. The summed E-state index contributed by atoms with van der Waals surface area (Å²) in [7, 11) is 0. The minimum atomic E-state index is 0.703. The number of hydrogen-bond acceptors (Lipinski definition) is 4. The Kier molecular flexibility index (Phi) is 3.29. The van der Waals surface area contributed by atoms with Crippen molar-refractivity contribution >= 4 is 21.7 Å². The topological polar surface area (TPSA) is 49.8 Å². The van der Waals surface area contributed by atoms with Crippen molar-refractivity contribution in [1.29, 1.82) is 0 Å². The van der Waals surface area contributed by atoms with Crippen molar-refractivity contribution in [3.63, 3.8) is 0 Å². The molecule has 3 rings (SSSR count). The molecule has 5 heteroatoms. The van der Waals surface area contributed by atoms with Crippen molar-refractivity contribution in [2.75, 3.05) is 18.4 Å². The van der Waals surface area contributed by atoms with Gasteiger partial charge in [0.1, 0.15) is 5.82 Å². The SMILES string of the molecule is Brc1nc2c(c(NCC3CCC3)n1)CNCC2. The van der Waals surface area contributed by atoms with Crippen LogP contribution in [0.5, 0.6) is 0 Å². The highest BCUT2D eigenvalue weighted by atomic mass is 79.9. The minimum Gasteiger partial charge on any atom is -0.369 e. The maximum Gasteiger partial charge on any atom is 0.198 e. The number of aromatic nitrogens is 2. The first-order chi connectivity index (χ1) is 8.33. The van der Waals surface area contributed by atoms with E-state index >= 15 is 0 Å². The Labute approximate surface area is 110 Å². The van der Waals surface area contributed by atoms with E-state index in [0.717, 1.165) is 37.8 Å². The van der Waals surface area contributed by atoms with Crippen LogP contribution in [0.15, 0.2) is 4.73 Å². The van der Waals surface area contributed by atoms with Gasteiger partial charge in [-0.15, -0.1) is 0 Å². The lowest BCUT2D eigenvalue weighted by molar-refractivity contribution is 0.333. The zero-order chi connectivity index (χ0) is 11.7. The molecule has 1 aliphatic carbocycles. The van der Waals surface area contributed by atoms with Crippen LogP contribution in [0, 0.1) is 5.92 Å². The minimum absolute atomic E-state index is 0.703. The highest BCUT2D eigenvalue weighted by Crippen LogP contribution is 2.28. The van der Waals surface area contributed by atoms with Gasteiger partial charge in [0.25, 0.3) is 0 Å². The molecule has 0 atom stereocenters. The van der Waals surface area contributed by atoms with Crippen LogP contribution in [0.4, 0.5) is 5.82 Å². The lowest BCUT2D eigenvalue weighted by Crippen LogP contribution is -2.28. The molecule has 2 heterocycles. The van der Waals surface area contributed by atoms with E-state index in [1.54, 1.807) is 0 Å². The maximum absolute atomic E-state index is 4.47. The second-order valence-electron chi connectivity index (χ2n) is 4.87. The number of fused-ring (bicyclic) bond motifs is 1. The Balaban J connectivity index is 1.78. The first-order valence-corrected chi connectivity index (χ1v) is 7.12. The van der Waals surface area contributed by atoms with Gasteiger partial charge in [0, 0.05) is 31.6 Å². The van der Waals surface area contributed by atoms with E-state index in [1.165, 1.54) is 30.5 Å². The fourth-order valence-electron chi connectivity index (χ4n) is 2.40. The average Bonchev–Trinajstić information content (AvgIpc) is 2.26. The van der Waals surface area contributed by atoms with Crippen molar-refractivity contribution in [1.82, 2.24) is 15.3 Å². The van der Waals surface area contributed by atoms with Crippen LogP contribution in [-0.2, 0) is 13.0 Å². The van der Waals surface area contributed by atoms with Crippen molar-refractivity contribution in [3.8, 4) is 0 Å². The summed E-state index contributed by atoms with van der Waals surface area (Å²) in [5.74, 6) is 1.86. The smallest absolute Gasteiger partial charge is 0.198 e. The molecule has 92 valence electrons. The zero-order valence-electron chi connectivity index (χ0n) is 9.80. The first-order valence-electron chi connectivity index (χ1n) is 6.33. The quantitative estimate of drug-likeness (QED) is 0.839. The van der Waals surface area contributed by atoms with Gasteiger partial charge in [-0.2, -0.15) is 0 Å². The van der Waals surface area contributed by atoms with Gasteiger partial charge in [0.15, 0.2) is 4.73 Å².